The van der Waals surface area contributed by atoms with Crippen LogP contribution in [0.4, 0.5) is 0 Å². The van der Waals surface area contributed by atoms with Crippen molar-refractivity contribution in [2.24, 2.45) is 0 Å². The Morgan fingerprint density at radius 3 is 2.62 bits per heavy atom. The molecule has 0 spiro atoms. The number of hydrogen-bond donors (Lipinski definition) is 0. The molecule has 0 radical (unpaired) electrons. The largest absolute Gasteiger partial charge is 0.489 e. The Labute approximate surface area is 84.7 Å². The second-order valence-electron chi connectivity index (χ2n) is 3.35. The zero-order valence-electron chi connectivity index (χ0n) is 8.30. The maximum Gasteiger partial charge on any atom is 0.122 e. The summed E-state index contributed by atoms with van der Waals surface area (Å²) in [6.45, 7) is 6.08. The van der Waals surface area contributed by atoms with Gasteiger partial charge in [-0.1, -0.05) is 17.7 Å². The Morgan fingerprint density at radius 1 is 1.38 bits per heavy atom. The van der Waals surface area contributed by atoms with Gasteiger partial charge in [-0.05, 0) is 32.4 Å². The molecule has 1 rings (SSSR count). The Hall–Kier alpha value is -0.690. The zero-order chi connectivity index (χ0) is 9.84. The summed E-state index contributed by atoms with van der Waals surface area (Å²) in [5.74, 6) is 1.45. The molecule has 72 valence electrons. The smallest absolute Gasteiger partial charge is 0.122 e. The first kappa shape index (κ1) is 10.4. The molecule has 0 saturated heterocycles. The van der Waals surface area contributed by atoms with Crippen molar-refractivity contribution in [2.75, 3.05) is 5.88 Å². The fraction of sp³-hybridized carbons (Fsp3) is 0.455. The minimum Gasteiger partial charge on any atom is -0.489 e. The Balaban J connectivity index is 2.77. The Morgan fingerprint density at radius 2 is 2.08 bits per heavy atom. The van der Waals surface area contributed by atoms with Crippen LogP contribution in [0.25, 0.3) is 0 Å². The van der Waals surface area contributed by atoms with Crippen LogP contribution in [-0.2, 0) is 0 Å². The van der Waals surface area contributed by atoms with Crippen LogP contribution in [0.3, 0.4) is 0 Å². The zero-order valence-corrected chi connectivity index (χ0v) is 9.06. The quantitative estimate of drug-likeness (QED) is 0.678. The van der Waals surface area contributed by atoms with Gasteiger partial charge < -0.3 is 4.74 Å². The van der Waals surface area contributed by atoms with E-state index in [4.69, 9.17) is 16.3 Å². The highest BCUT2D eigenvalue weighted by atomic mass is 35.5. The second-order valence-corrected chi connectivity index (χ2v) is 3.66. The van der Waals surface area contributed by atoms with Crippen LogP contribution < -0.4 is 4.74 Å². The minimum atomic E-state index is 0.0723. The lowest BCUT2D eigenvalue weighted by Crippen LogP contribution is -2.13. The van der Waals surface area contributed by atoms with E-state index in [2.05, 4.69) is 13.0 Å². The van der Waals surface area contributed by atoms with Gasteiger partial charge in [0.1, 0.15) is 11.9 Å². The van der Waals surface area contributed by atoms with Gasteiger partial charge in [0, 0.05) is 0 Å². The van der Waals surface area contributed by atoms with Crippen LogP contribution in [0.1, 0.15) is 18.1 Å². The Bertz CT molecular complexity index is 283. The maximum absolute atomic E-state index is 5.66. The number of hydrogen-bond acceptors (Lipinski definition) is 1. The monoisotopic (exact) mass is 198 g/mol. The maximum atomic E-state index is 5.66. The topological polar surface area (TPSA) is 9.23 Å². The predicted molar refractivity (Wildman–Crippen MR) is 56.7 cm³/mol. The van der Waals surface area contributed by atoms with E-state index in [1.807, 2.05) is 26.0 Å². The third-order valence-electron chi connectivity index (χ3n) is 1.88. The molecule has 1 aromatic rings. The molecular weight excluding hydrogens is 184 g/mol. The van der Waals surface area contributed by atoms with E-state index in [1.54, 1.807) is 0 Å². The van der Waals surface area contributed by atoms with Crippen LogP contribution in [0, 0.1) is 13.8 Å². The summed E-state index contributed by atoms with van der Waals surface area (Å²) >= 11 is 5.66. The summed E-state index contributed by atoms with van der Waals surface area (Å²) in [4.78, 5) is 0. The molecule has 1 atom stereocenters. The van der Waals surface area contributed by atoms with Gasteiger partial charge in [0.25, 0.3) is 0 Å². The number of ether oxygens (including phenoxy) is 1. The van der Waals surface area contributed by atoms with Gasteiger partial charge in [-0.25, -0.2) is 0 Å². The van der Waals surface area contributed by atoms with Gasteiger partial charge in [0.05, 0.1) is 5.88 Å². The lowest BCUT2D eigenvalue weighted by molar-refractivity contribution is 0.244. The molecule has 0 amide bonds. The van der Waals surface area contributed by atoms with Crippen molar-refractivity contribution in [1.29, 1.82) is 0 Å². The van der Waals surface area contributed by atoms with Gasteiger partial charge in [0.2, 0.25) is 0 Å². The molecule has 0 aliphatic carbocycles. The predicted octanol–water partition coefficient (Wildman–Crippen LogP) is 3.31. The molecule has 1 unspecified atom stereocenters. The van der Waals surface area contributed by atoms with E-state index < -0.39 is 0 Å². The first-order valence-electron chi connectivity index (χ1n) is 4.43. The molecule has 0 bridgehead atoms. The molecule has 0 saturated carbocycles. The van der Waals surface area contributed by atoms with Gasteiger partial charge >= 0.3 is 0 Å². The molecular formula is C11H15ClO. The summed E-state index contributed by atoms with van der Waals surface area (Å²) in [5.41, 5.74) is 2.42. The number of aryl methyl sites for hydroxylation is 2. The van der Waals surface area contributed by atoms with E-state index >= 15 is 0 Å². The molecule has 0 aliphatic rings. The van der Waals surface area contributed by atoms with Gasteiger partial charge in [-0.15, -0.1) is 11.6 Å². The lowest BCUT2D eigenvalue weighted by atomic mass is 10.1. The first-order valence-corrected chi connectivity index (χ1v) is 4.97. The van der Waals surface area contributed by atoms with E-state index in [9.17, 15) is 0 Å². The van der Waals surface area contributed by atoms with Gasteiger partial charge in [0.15, 0.2) is 0 Å². The average Bonchev–Trinajstić information content (AvgIpc) is 2.09. The van der Waals surface area contributed by atoms with Crippen molar-refractivity contribution in [1.82, 2.24) is 0 Å². The SMILES string of the molecule is Cc1ccc(OC(C)CCl)c(C)c1. The molecule has 13 heavy (non-hydrogen) atoms. The molecule has 0 N–H and O–H groups in total. The van der Waals surface area contributed by atoms with Gasteiger partial charge in [-0.2, -0.15) is 0 Å². The van der Waals surface area contributed by atoms with Crippen molar-refractivity contribution in [2.45, 2.75) is 26.9 Å². The van der Waals surface area contributed by atoms with Crippen LogP contribution in [0.15, 0.2) is 18.2 Å². The molecule has 0 heterocycles. The Kier molecular flexibility index (Phi) is 3.61. The molecule has 0 aliphatic heterocycles. The van der Waals surface area contributed by atoms with E-state index in [-0.39, 0.29) is 6.10 Å². The summed E-state index contributed by atoms with van der Waals surface area (Å²) in [5, 5.41) is 0. The normalized spacial score (nSPS) is 12.6. The molecule has 2 heteroatoms. The summed E-state index contributed by atoms with van der Waals surface area (Å²) < 4.78 is 5.62. The van der Waals surface area contributed by atoms with Crippen molar-refractivity contribution < 1.29 is 4.74 Å². The van der Waals surface area contributed by atoms with Crippen molar-refractivity contribution >= 4 is 11.6 Å². The minimum absolute atomic E-state index is 0.0723. The van der Waals surface area contributed by atoms with Crippen LogP contribution in [-0.4, -0.2) is 12.0 Å². The average molecular weight is 199 g/mol. The third kappa shape index (κ3) is 2.92. The second kappa shape index (κ2) is 4.52. The summed E-state index contributed by atoms with van der Waals surface area (Å²) in [6.07, 6.45) is 0.0723. The summed E-state index contributed by atoms with van der Waals surface area (Å²) in [7, 11) is 0. The summed E-state index contributed by atoms with van der Waals surface area (Å²) in [6, 6.07) is 6.15. The number of rotatable bonds is 3. The number of halogens is 1. The highest BCUT2D eigenvalue weighted by Crippen LogP contribution is 2.20. The van der Waals surface area contributed by atoms with Crippen LogP contribution in [0.2, 0.25) is 0 Å². The van der Waals surface area contributed by atoms with E-state index in [0.717, 1.165) is 11.3 Å². The number of benzene rings is 1. The van der Waals surface area contributed by atoms with Crippen molar-refractivity contribution in [3.8, 4) is 5.75 Å². The highest BCUT2D eigenvalue weighted by molar-refractivity contribution is 6.18. The molecule has 0 aromatic heterocycles. The molecule has 0 fully saturated rings. The standard InChI is InChI=1S/C11H15ClO/c1-8-4-5-11(9(2)6-8)13-10(3)7-12/h4-6,10H,7H2,1-3H3. The van der Waals surface area contributed by atoms with E-state index in [0.29, 0.717) is 5.88 Å². The molecule has 1 nitrogen and oxygen atoms in total. The van der Waals surface area contributed by atoms with Crippen molar-refractivity contribution in [3.63, 3.8) is 0 Å². The lowest BCUT2D eigenvalue weighted by Gasteiger charge is -2.14. The first-order chi connectivity index (χ1) is 6.13. The highest BCUT2D eigenvalue weighted by Gasteiger charge is 2.04. The molecule has 1 aromatic carbocycles. The van der Waals surface area contributed by atoms with Crippen LogP contribution in [0.5, 0.6) is 5.75 Å². The van der Waals surface area contributed by atoms with Gasteiger partial charge in [-0.3, -0.25) is 0 Å². The van der Waals surface area contributed by atoms with E-state index in [1.165, 1.54) is 5.56 Å². The fourth-order valence-electron chi connectivity index (χ4n) is 1.18. The fourth-order valence-corrected chi connectivity index (χ4v) is 1.24. The van der Waals surface area contributed by atoms with Crippen molar-refractivity contribution in [3.05, 3.63) is 29.3 Å². The van der Waals surface area contributed by atoms with Crippen LogP contribution >= 0.6 is 11.6 Å². The number of alkyl halides is 1. The third-order valence-corrected chi connectivity index (χ3v) is 2.31.